The average molecular weight is 348 g/mol. The number of nitrogens with one attached hydrogen (secondary N) is 1. The maximum Gasteiger partial charge on any atom is 0.225 e. The Bertz CT molecular complexity index is 613. The molecule has 1 aliphatic heterocycles. The number of hydrogen-bond donors (Lipinski definition) is 1. The maximum atomic E-state index is 4.86. The number of H-pyrrole nitrogens is 1. The Hall–Kier alpha value is -1.43. The van der Waals surface area contributed by atoms with Crippen LogP contribution in [0.3, 0.4) is 0 Å². The number of aromatic nitrogens is 4. The van der Waals surface area contributed by atoms with Gasteiger partial charge in [-0.2, -0.15) is 0 Å². The number of hydrogen-bond acceptors (Lipinski definition) is 4. The number of imidazole rings is 1. The van der Waals surface area contributed by atoms with E-state index >= 15 is 0 Å². The van der Waals surface area contributed by atoms with Crippen molar-refractivity contribution in [3.63, 3.8) is 0 Å². The number of anilines is 1. The summed E-state index contributed by atoms with van der Waals surface area (Å²) in [7, 11) is 0. The van der Waals surface area contributed by atoms with Crippen LogP contribution in [0.4, 0.5) is 5.95 Å². The fraction of sp³-hybridized carbons (Fsp3) is 0.533. The summed E-state index contributed by atoms with van der Waals surface area (Å²) in [6.45, 7) is 0.998. The lowest BCUT2D eigenvalue weighted by atomic mass is 10.0. The van der Waals surface area contributed by atoms with E-state index in [-0.39, 0.29) is 6.04 Å². The van der Waals surface area contributed by atoms with Crippen LogP contribution >= 0.6 is 15.9 Å². The van der Waals surface area contributed by atoms with Gasteiger partial charge in [0.15, 0.2) is 0 Å². The Kier molecular flexibility index (Phi) is 3.41. The quantitative estimate of drug-likeness (QED) is 0.906. The second kappa shape index (κ2) is 5.40. The summed E-state index contributed by atoms with van der Waals surface area (Å²) in [4.78, 5) is 19.6. The number of aromatic amines is 1. The van der Waals surface area contributed by atoms with Gasteiger partial charge in [0.1, 0.15) is 5.82 Å². The predicted octanol–water partition coefficient (Wildman–Crippen LogP) is 3.18. The van der Waals surface area contributed by atoms with E-state index in [2.05, 4.69) is 35.8 Å². The van der Waals surface area contributed by atoms with Crippen LogP contribution in [0.25, 0.3) is 0 Å². The smallest absolute Gasteiger partial charge is 0.225 e. The van der Waals surface area contributed by atoms with Gasteiger partial charge in [0, 0.05) is 24.6 Å². The van der Waals surface area contributed by atoms with Crippen molar-refractivity contribution in [1.29, 1.82) is 0 Å². The fourth-order valence-electron chi connectivity index (χ4n) is 3.38. The van der Waals surface area contributed by atoms with Gasteiger partial charge in [-0.1, -0.05) is 0 Å². The van der Waals surface area contributed by atoms with Gasteiger partial charge in [-0.15, -0.1) is 0 Å². The van der Waals surface area contributed by atoms with Crippen LogP contribution in [-0.4, -0.2) is 26.5 Å². The van der Waals surface area contributed by atoms with Gasteiger partial charge in [0.05, 0.1) is 16.2 Å². The number of nitrogens with zero attached hydrogens (tertiary/aromatic N) is 4. The third kappa shape index (κ3) is 2.46. The van der Waals surface area contributed by atoms with E-state index in [1.54, 1.807) is 0 Å². The molecule has 0 saturated carbocycles. The number of halogens is 1. The molecule has 1 aliphatic carbocycles. The second-order valence-corrected chi connectivity index (χ2v) is 6.72. The van der Waals surface area contributed by atoms with Crippen molar-refractivity contribution in [2.45, 2.75) is 44.6 Å². The first-order valence-electron chi connectivity index (χ1n) is 7.63. The predicted molar refractivity (Wildman–Crippen MR) is 84.3 cm³/mol. The Labute approximate surface area is 132 Å². The molecule has 2 aromatic rings. The van der Waals surface area contributed by atoms with Crippen molar-refractivity contribution < 1.29 is 0 Å². The first-order chi connectivity index (χ1) is 10.3. The molecule has 0 unspecified atom stereocenters. The van der Waals surface area contributed by atoms with E-state index < -0.39 is 0 Å². The standard InChI is InChI=1S/C15H18BrN5/c16-10-8-17-15(18-9-10)21-7-3-6-13(21)14-19-11-4-1-2-5-12(11)20-14/h8-9,13H,1-7H2,(H,19,20)/t13-/m1/s1. The lowest BCUT2D eigenvalue weighted by Crippen LogP contribution is -2.25. The molecule has 0 aromatic carbocycles. The number of aryl methyl sites for hydroxylation is 2. The van der Waals surface area contributed by atoms with Gasteiger partial charge in [-0.05, 0) is 54.5 Å². The minimum Gasteiger partial charge on any atom is -0.344 e. The minimum absolute atomic E-state index is 0.289. The van der Waals surface area contributed by atoms with Crippen LogP contribution < -0.4 is 4.90 Å². The molecule has 0 amide bonds. The van der Waals surface area contributed by atoms with Crippen LogP contribution in [0.2, 0.25) is 0 Å². The highest BCUT2D eigenvalue weighted by atomic mass is 79.9. The highest BCUT2D eigenvalue weighted by Crippen LogP contribution is 2.34. The topological polar surface area (TPSA) is 57.7 Å². The second-order valence-electron chi connectivity index (χ2n) is 5.81. The molecule has 0 radical (unpaired) electrons. The SMILES string of the molecule is Brc1cnc(N2CCC[C@@H]2c2nc3c([nH]2)CCCC3)nc1. The summed E-state index contributed by atoms with van der Waals surface area (Å²) in [5, 5.41) is 0. The third-order valence-electron chi connectivity index (χ3n) is 4.41. The van der Waals surface area contributed by atoms with Crippen molar-refractivity contribution in [1.82, 2.24) is 19.9 Å². The Morgan fingerprint density at radius 3 is 2.76 bits per heavy atom. The van der Waals surface area contributed by atoms with E-state index in [1.807, 2.05) is 12.4 Å². The van der Waals surface area contributed by atoms with Crippen molar-refractivity contribution >= 4 is 21.9 Å². The number of fused-ring (bicyclic) bond motifs is 1. The molecule has 3 heterocycles. The van der Waals surface area contributed by atoms with Crippen LogP contribution in [0.15, 0.2) is 16.9 Å². The van der Waals surface area contributed by atoms with Crippen molar-refractivity contribution in [2.24, 2.45) is 0 Å². The molecule has 0 spiro atoms. The summed E-state index contributed by atoms with van der Waals surface area (Å²) in [5.41, 5.74) is 2.62. The van der Waals surface area contributed by atoms with E-state index in [4.69, 9.17) is 4.98 Å². The van der Waals surface area contributed by atoms with E-state index in [9.17, 15) is 0 Å². The zero-order valence-electron chi connectivity index (χ0n) is 11.8. The zero-order chi connectivity index (χ0) is 14.2. The van der Waals surface area contributed by atoms with Crippen molar-refractivity contribution in [3.8, 4) is 0 Å². The van der Waals surface area contributed by atoms with Gasteiger partial charge in [0.2, 0.25) is 5.95 Å². The Balaban J connectivity index is 1.64. The van der Waals surface area contributed by atoms with Gasteiger partial charge >= 0.3 is 0 Å². The molecule has 21 heavy (non-hydrogen) atoms. The summed E-state index contributed by atoms with van der Waals surface area (Å²) in [5.74, 6) is 1.90. The third-order valence-corrected chi connectivity index (χ3v) is 4.81. The molecule has 0 bridgehead atoms. The fourth-order valence-corrected chi connectivity index (χ4v) is 3.58. The van der Waals surface area contributed by atoms with Gasteiger partial charge in [-0.25, -0.2) is 15.0 Å². The van der Waals surface area contributed by atoms with Crippen molar-refractivity contribution in [3.05, 3.63) is 34.1 Å². The molecule has 1 saturated heterocycles. The molecule has 2 aliphatic rings. The van der Waals surface area contributed by atoms with Crippen LogP contribution in [0.5, 0.6) is 0 Å². The molecule has 110 valence electrons. The summed E-state index contributed by atoms with van der Waals surface area (Å²) in [6, 6.07) is 0.289. The first kappa shape index (κ1) is 13.2. The summed E-state index contributed by atoms with van der Waals surface area (Å²) < 4.78 is 0.912. The lowest BCUT2D eigenvalue weighted by Gasteiger charge is -2.22. The molecule has 2 aromatic heterocycles. The first-order valence-corrected chi connectivity index (χ1v) is 8.42. The van der Waals surface area contributed by atoms with Crippen LogP contribution in [0, 0.1) is 0 Å². The molecular formula is C15H18BrN5. The highest BCUT2D eigenvalue weighted by molar-refractivity contribution is 9.10. The summed E-state index contributed by atoms with van der Waals surface area (Å²) >= 11 is 3.39. The van der Waals surface area contributed by atoms with E-state index in [0.717, 1.165) is 48.5 Å². The molecule has 5 nitrogen and oxygen atoms in total. The molecule has 6 heteroatoms. The molecule has 1 atom stereocenters. The molecular weight excluding hydrogens is 330 g/mol. The molecule has 4 rings (SSSR count). The highest BCUT2D eigenvalue weighted by Gasteiger charge is 2.31. The monoisotopic (exact) mass is 347 g/mol. The summed E-state index contributed by atoms with van der Waals surface area (Å²) in [6.07, 6.45) is 10.7. The normalized spacial score (nSPS) is 21.6. The Morgan fingerprint density at radius 1 is 1.14 bits per heavy atom. The van der Waals surface area contributed by atoms with Gasteiger partial charge < -0.3 is 9.88 Å². The van der Waals surface area contributed by atoms with E-state index in [1.165, 1.54) is 24.2 Å². The number of rotatable bonds is 2. The molecule has 1 fully saturated rings. The minimum atomic E-state index is 0.289. The van der Waals surface area contributed by atoms with Gasteiger partial charge in [-0.3, -0.25) is 0 Å². The van der Waals surface area contributed by atoms with Crippen LogP contribution in [0.1, 0.15) is 48.9 Å². The molecule has 1 N–H and O–H groups in total. The maximum absolute atomic E-state index is 4.86. The Morgan fingerprint density at radius 2 is 1.95 bits per heavy atom. The zero-order valence-corrected chi connectivity index (χ0v) is 13.4. The van der Waals surface area contributed by atoms with Crippen LogP contribution in [-0.2, 0) is 12.8 Å². The van der Waals surface area contributed by atoms with Crippen molar-refractivity contribution in [2.75, 3.05) is 11.4 Å². The average Bonchev–Trinajstić information content (AvgIpc) is 3.14. The lowest BCUT2D eigenvalue weighted by molar-refractivity contribution is 0.660. The van der Waals surface area contributed by atoms with Gasteiger partial charge in [0.25, 0.3) is 0 Å². The van der Waals surface area contributed by atoms with E-state index in [0.29, 0.717) is 0 Å². The largest absolute Gasteiger partial charge is 0.344 e.